The van der Waals surface area contributed by atoms with Crippen LogP contribution < -0.4 is 0 Å². The summed E-state index contributed by atoms with van der Waals surface area (Å²) in [6.45, 7) is 4.24. The van der Waals surface area contributed by atoms with E-state index in [9.17, 15) is 4.79 Å². The minimum absolute atomic E-state index is 0.169. The number of benzene rings is 2. The number of para-hydroxylation sites is 2. The highest BCUT2D eigenvalue weighted by atomic mass is 16.1. The maximum absolute atomic E-state index is 13.0. The van der Waals surface area contributed by atoms with Crippen molar-refractivity contribution in [2.75, 3.05) is 0 Å². The van der Waals surface area contributed by atoms with Crippen molar-refractivity contribution in [2.24, 2.45) is 7.05 Å². The van der Waals surface area contributed by atoms with Crippen molar-refractivity contribution in [3.8, 4) is 0 Å². The fraction of sp³-hybridized carbons (Fsp3) is 0.227. The van der Waals surface area contributed by atoms with Gasteiger partial charge in [0.05, 0.1) is 0 Å². The summed E-state index contributed by atoms with van der Waals surface area (Å²) < 4.78 is 2.03. The fourth-order valence-corrected chi connectivity index (χ4v) is 3.99. The summed E-state index contributed by atoms with van der Waals surface area (Å²) in [5, 5.41) is 2.26. The number of carbonyl (C=O) groups is 1. The van der Waals surface area contributed by atoms with E-state index in [-0.39, 0.29) is 11.7 Å². The van der Waals surface area contributed by atoms with Gasteiger partial charge in [-0.15, -0.1) is 0 Å². The van der Waals surface area contributed by atoms with Crippen LogP contribution in [-0.2, 0) is 7.05 Å². The molecule has 0 fully saturated rings. The fourth-order valence-electron chi connectivity index (χ4n) is 3.99. The lowest BCUT2D eigenvalue weighted by Crippen LogP contribution is -2.05. The number of hydrogen-bond acceptors (Lipinski definition) is 1. The minimum atomic E-state index is 0.169. The molecule has 0 saturated heterocycles. The van der Waals surface area contributed by atoms with Crippen LogP contribution in [0, 0.1) is 6.92 Å². The third kappa shape index (κ3) is 2.56. The van der Waals surface area contributed by atoms with E-state index in [0.717, 1.165) is 27.7 Å². The van der Waals surface area contributed by atoms with Crippen LogP contribution in [0.25, 0.3) is 21.8 Å². The lowest BCUT2D eigenvalue weighted by atomic mass is 9.91. The molecule has 126 valence electrons. The molecule has 2 aromatic heterocycles. The molecule has 0 saturated carbocycles. The molecule has 1 atom stereocenters. The summed E-state index contributed by atoms with van der Waals surface area (Å²) in [5.41, 5.74) is 5.47. The zero-order valence-electron chi connectivity index (χ0n) is 14.8. The maximum Gasteiger partial charge on any atom is 0.165 e. The largest absolute Gasteiger partial charge is 0.358 e. The number of aromatic nitrogens is 2. The van der Waals surface area contributed by atoms with Gasteiger partial charge in [0.25, 0.3) is 0 Å². The van der Waals surface area contributed by atoms with Crippen LogP contribution >= 0.6 is 0 Å². The molecule has 0 amide bonds. The molecule has 0 aliphatic carbocycles. The van der Waals surface area contributed by atoms with Crippen LogP contribution in [0.4, 0.5) is 0 Å². The molecule has 2 aromatic carbocycles. The Balaban J connectivity index is 1.69. The lowest BCUT2D eigenvalue weighted by Gasteiger charge is -2.11. The first-order chi connectivity index (χ1) is 12.1. The summed E-state index contributed by atoms with van der Waals surface area (Å²) in [7, 11) is 1.99. The SMILES string of the molecule is Cc1[nH]c2ccccc2c1C(C)CC(=O)c1cn(C)c2ccccc12. The third-order valence-electron chi connectivity index (χ3n) is 5.13. The highest BCUT2D eigenvalue weighted by Crippen LogP contribution is 2.32. The number of rotatable bonds is 4. The van der Waals surface area contributed by atoms with Crippen LogP contribution in [0.3, 0.4) is 0 Å². The Hall–Kier alpha value is -2.81. The van der Waals surface area contributed by atoms with Gasteiger partial charge in [0.1, 0.15) is 0 Å². The van der Waals surface area contributed by atoms with Gasteiger partial charge < -0.3 is 9.55 Å². The van der Waals surface area contributed by atoms with Crippen molar-refractivity contribution in [3.05, 3.63) is 71.5 Å². The monoisotopic (exact) mass is 330 g/mol. The second-order valence-corrected chi connectivity index (χ2v) is 6.91. The molecule has 0 bridgehead atoms. The van der Waals surface area contributed by atoms with Gasteiger partial charge in [-0.2, -0.15) is 0 Å². The normalized spacial score (nSPS) is 12.8. The second kappa shape index (κ2) is 5.92. The maximum atomic E-state index is 13.0. The molecule has 3 nitrogen and oxygen atoms in total. The summed E-state index contributed by atoms with van der Waals surface area (Å²) in [4.78, 5) is 16.4. The van der Waals surface area contributed by atoms with E-state index in [0.29, 0.717) is 6.42 Å². The second-order valence-electron chi connectivity index (χ2n) is 6.91. The number of fused-ring (bicyclic) bond motifs is 2. The molecule has 25 heavy (non-hydrogen) atoms. The Morgan fingerprint density at radius 2 is 1.76 bits per heavy atom. The van der Waals surface area contributed by atoms with Crippen molar-refractivity contribution in [1.82, 2.24) is 9.55 Å². The van der Waals surface area contributed by atoms with E-state index in [1.165, 1.54) is 10.9 Å². The van der Waals surface area contributed by atoms with Crippen molar-refractivity contribution in [2.45, 2.75) is 26.2 Å². The highest BCUT2D eigenvalue weighted by molar-refractivity contribution is 6.08. The molecule has 0 radical (unpaired) electrons. The van der Waals surface area contributed by atoms with Gasteiger partial charge in [-0.05, 0) is 30.5 Å². The molecule has 0 spiro atoms. The number of aromatic amines is 1. The van der Waals surface area contributed by atoms with E-state index in [1.807, 2.05) is 42.1 Å². The average molecular weight is 330 g/mol. The van der Waals surface area contributed by atoms with E-state index in [2.05, 4.69) is 43.1 Å². The Kier molecular flexibility index (Phi) is 3.72. The van der Waals surface area contributed by atoms with Crippen LogP contribution in [-0.4, -0.2) is 15.3 Å². The van der Waals surface area contributed by atoms with E-state index in [1.54, 1.807) is 0 Å². The lowest BCUT2D eigenvalue weighted by molar-refractivity contribution is 0.0977. The molecular formula is C22H22N2O. The predicted molar refractivity (Wildman–Crippen MR) is 103 cm³/mol. The quantitative estimate of drug-likeness (QED) is 0.504. The van der Waals surface area contributed by atoms with Crippen LogP contribution in [0.1, 0.15) is 40.9 Å². The molecule has 4 aromatic rings. The topological polar surface area (TPSA) is 37.8 Å². The summed E-state index contributed by atoms with van der Waals surface area (Å²) in [6, 6.07) is 16.4. The van der Waals surface area contributed by atoms with Gasteiger partial charge in [-0.3, -0.25) is 4.79 Å². The molecule has 1 unspecified atom stereocenters. The Labute approximate surface area is 147 Å². The zero-order valence-corrected chi connectivity index (χ0v) is 14.8. The Morgan fingerprint density at radius 1 is 1.08 bits per heavy atom. The van der Waals surface area contributed by atoms with Crippen LogP contribution in [0.5, 0.6) is 0 Å². The predicted octanol–water partition coefficient (Wildman–Crippen LogP) is 5.34. The first-order valence-corrected chi connectivity index (χ1v) is 8.70. The number of nitrogens with zero attached hydrogens (tertiary/aromatic N) is 1. The van der Waals surface area contributed by atoms with Gasteiger partial charge in [0, 0.05) is 52.7 Å². The number of Topliss-reactive ketones (excluding diaryl/α,β-unsaturated/α-hetero) is 1. The summed E-state index contributed by atoms with van der Waals surface area (Å²) >= 11 is 0. The van der Waals surface area contributed by atoms with Crippen LogP contribution in [0.15, 0.2) is 54.7 Å². The number of hydrogen-bond donors (Lipinski definition) is 1. The Morgan fingerprint density at radius 3 is 2.56 bits per heavy atom. The van der Waals surface area contributed by atoms with Gasteiger partial charge in [-0.1, -0.05) is 43.3 Å². The van der Waals surface area contributed by atoms with E-state index < -0.39 is 0 Å². The smallest absolute Gasteiger partial charge is 0.165 e. The first-order valence-electron chi connectivity index (χ1n) is 8.70. The number of carbonyl (C=O) groups excluding carboxylic acids is 1. The Bertz CT molecular complexity index is 1080. The number of H-pyrrole nitrogens is 1. The molecular weight excluding hydrogens is 308 g/mol. The first kappa shape index (κ1) is 15.7. The summed E-state index contributed by atoms with van der Waals surface area (Å²) in [5.74, 6) is 0.372. The van der Waals surface area contributed by atoms with Gasteiger partial charge in [-0.25, -0.2) is 0 Å². The minimum Gasteiger partial charge on any atom is -0.358 e. The highest BCUT2D eigenvalue weighted by Gasteiger charge is 2.21. The summed E-state index contributed by atoms with van der Waals surface area (Å²) in [6.07, 6.45) is 2.47. The van der Waals surface area contributed by atoms with Crippen molar-refractivity contribution in [1.29, 1.82) is 0 Å². The number of nitrogens with one attached hydrogen (secondary N) is 1. The van der Waals surface area contributed by atoms with E-state index in [4.69, 9.17) is 0 Å². The van der Waals surface area contributed by atoms with Gasteiger partial charge >= 0.3 is 0 Å². The molecule has 2 heterocycles. The number of aryl methyl sites for hydroxylation is 2. The number of ketones is 1. The van der Waals surface area contributed by atoms with E-state index >= 15 is 0 Å². The zero-order chi connectivity index (χ0) is 17.6. The van der Waals surface area contributed by atoms with Crippen molar-refractivity contribution >= 4 is 27.6 Å². The van der Waals surface area contributed by atoms with Crippen molar-refractivity contribution < 1.29 is 4.79 Å². The standard InChI is InChI=1S/C22H22N2O/c1-14(22-15(2)23-19-10-6-4-9-17(19)22)12-21(25)18-13-24(3)20-11-7-5-8-16(18)20/h4-11,13-14,23H,12H2,1-3H3. The van der Waals surface area contributed by atoms with Gasteiger partial charge in [0.2, 0.25) is 0 Å². The van der Waals surface area contributed by atoms with Crippen molar-refractivity contribution in [3.63, 3.8) is 0 Å². The van der Waals surface area contributed by atoms with Crippen LogP contribution in [0.2, 0.25) is 0 Å². The molecule has 3 heteroatoms. The average Bonchev–Trinajstić information content (AvgIpc) is 3.12. The molecule has 4 rings (SSSR count). The third-order valence-corrected chi connectivity index (χ3v) is 5.13. The molecule has 1 N–H and O–H groups in total. The molecule has 0 aliphatic heterocycles. The molecule has 0 aliphatic rings. The van der Waals surface area contributed by atoms with Gasteiger partial charge in [0.15, 0.2) is 5.78 Å².